The standard InChI is InChI=1S/C35H37F3N8O2S/c1-4-31(47)44-30-8-6-23(17-40-30)34(3,48)19-46-25(16-39)13-27-21(2)22(5-7-29(27)46)18-45-11-9-24(10-12-45)43-32-28-14-26(15-35(36,37)38)49-33(28)42-20-41-32/h5-8,13-14,17,20,24,48H,4,9-12,15,18-19H2,1-3H3,(H,40,44,47)(H,41,42,43). The highest BCUT2D eigenvalue weighted by Crippen LogP contribution is 2.34. The van der Waals surface area contributed by atoms with Crippen LogP contribution >= 0.6 is 11.3 Å². The molecular formula is C35H37F3N8O2S. The second kappa shape index (κ2) is 13.7. The number of amides is 1. The average Bonchev–Trinajstić information content (AvgIpc) is 3.63. The van der Waals surface area contributed by atoms with Crippen molar-refractivity contribution in [2.75, 3.05) is 23.7 Å². The molecule has 1 saturated heterocycles. The number of nitrogens with one attached hydrogen (secondary N) is 2. The van der Waals surface area contributed by atoms with Crippen LogP contribution in [0.5, 0.6) is 0 Å². The maximum Gasteiger partial charge on any atom is 0.393 e. The number of rotatable bonds is 10. The van der Waals surface area contributed by atoms with Crippen LogP contribution in [0.1, 0.15) is 60.4 Å². The third-order valence-electron chi connectivity index (χ3n) is 9.10. The fourth-order valence-electron chi connectivity index (χ4n) is 6.35. The molecule has 49 heavy (non-hydrogen) atoms. The minimum Gasteiger partial charge on any atom is -0.384 e. The van der Waals surface area contributed by atoms with Crippen molar-refractivity contribution in [3.8, 4) is 6.07 Å². The van der Waals surface area contributed by atoms with E-state index in [2.05, 4.69) is 49.5 Å². The largest absolute Gasteiger partial charge is 0.393 e. The summed E-state index contributed by atoms with van der Waals surface area (Å²) in [7, 11) is 0. The van der Waals surface area contributed by atoms with Crippen LogP contribution < -0.4 is 10.6 Å². The molecule has 14 heteroatoms. The number of carbonyl (C=O) groups is 1. The van der Waals surface area contributed by atoms with Gasteiger partial charge < -0.3 is 20.3 Å². The van der Waals surface area contributed by atoms with Gasteiger partial charge in [-0.25, -0.2) is 15.0 Å². The second-order valence-corrected chi connectivity index (χ2v) is 13.9. The maximum atomic E-state index is 13.0. The predicted octanol–water partition coefficient (Wildman–Crippen LogP) is 6.66. The number of thiophene rings is 1. The molecule has 4 aromatic heterocycles. The van der Waals surface area contributed by atoms with Gasteiger partial charge in [-0.05, 0) is 62.1 Å². The summed E-state index contributed by atoms with van der Waals surface area (Å²) >= 11 is 1.05. The molecule has 3 N–H and O–H groups in total. The number of carbonyl (C=O) groups excluding carboxylic acids is 1. The zero-order valence-corrected chi connectivity index (χ0v) is 28.3. The Morgan fingerprint density at radius 1 is 1.12 bits per heavy atom. The Morgan fingerprint density at radius 2 is 1.90 bits per heavy atom. The van der Waals surface area contributed by atoms with Crippen molar-refractivity contribution in [3.05, 3.63) is 76.2 Å². The van der Waals surface area contributed by atoms with E-state index in [4.69, 9.17) is 0 Å². The number of anilines is 2. The lowest BCUT2D eigenvalue weighted by Gasteiger charge is -2.33. The molecule has 0 radical (unpaired) electrons. The van der Waals surface area contributed by atoms with Gasteiger partial charge in [0.15, 0.2) is 0 Å². The van der Waals surface area contributed by atoms with Gasteiger partial charge >= 0.3 is 6.18 Å². The number of hydrogen-bond donors (Lipinski definition) is 3. The minimum absolute atomic E-state index is 0.130. The fraction of sp³-hybridized carbons (Fsp3) is 0.400. The first-order chi connectivity index (χ1) is 23.3. The highest BCUT2D eigenvalue weighted by atomic mass is 32.1. The minimum atomic E-state index is -4.28. The Kier molecular flexibility index (Phi) is 9.61. The molecule has 1 atom stereocenters. The third-order valence-corrected chi connectivity index (χ3v) is 10.1. The fourth-order valence-corrected chi connectivity index (χ4v) is 7.37. The van der Waals surface area contributed by atoms with Gasteiger partial charge in [-0.3, -0.25) is 9.69 Å². The van der Waals surface area contributed by atoms with Crippen LogP contribution in [0.4, 0.5) is 24.8 Å². The van der Waals surface area contributed by atoms with Crippen LogP contribution in [0.3, 0.4) is 0 Å². The zero-order chi connectivity index (χ0) is 34.9. The number of halogens is 3. The van der Waals surface area contributed by atoms with Crippen LogP contribution in [-0.2, 0) is 29.9 Å². The van der Waals surface area contributed by atoms with E-state index in [-0.39, 0.29) is 23.4 Å². The Balaban J connectivity index is 1.12. The summed E-state index contributed by atoms with van der Waals surface area (Å²) in [4.78, 5) is 27.6. The number of nitrogens with zero attached hydrogens (tertiary/aromatic N) is 6. The number of aliphatic hydroxyl groups is 1. The van der Waals surface area contributed by atoms with E-state index in [1.807, 2.05) is 16.7 Å². The van der Waals surface area contributed by atoms with Crippen molar-refractivity contribution in [3.63, 3.8) is 0 Å². The van der Waals surface area contributed by atoms with E-state index < -0.39 is 18.2 Å². The first kappa shape index (κ1) is 34.3. The number of benzene rings is 1. The normalized spacial score (nSPS) is 15.7. The number of piperidine rings is 1. The van der Waals surface area contributed by atoms with E-state index in [1.165, 1.54) is 12.5 Å². The van der Waals surface area contributed by atoms with Crippen molar-refractivity contribution in [2.24, 2.45) is 0 Å². The van der Waals surface area contributed by atoms with E-state index in [1.54, 1.807) is 32.0 Å². The monoisotopic (exact) mass is 690 g/mol. The quantitative estimate of drug-likeness (QED) is 0.148. The molecule has 1 unspecified atom stereocenters. The molecule has 0 aliphatic carbocycles. The summed E-state index contributed by atoms with van der Waals surface area (Å²) in [6.45, 7) is 8.01. The predicted molar refractivity (Wildman–Crippen MR) is 183 cm³/mol. The summed E-state index contributed by atoms with van der Waals surface area (Å²) in [5.74, 6) is 0.830. The number of nitriles is 1. The molecule has 1 aliphatic heterocycles. The van der Waals surface area contributed by atoms with E-state index >= 15 is 0 Å². The molecule has 256 valence electrons. The molecule has 0 bridgehead atoms. The van der Waals surface area contributed by atoms with Gasteiger partial charge in [0.2, 0.25) is 5.91 Å². The maximum absolute atomic E-state index is 13.0. The van der Waals surface area contributed by atoms with Crippen LogP contribution in [-0.4, -0.2) is 60.7 Å². The number of hydrogen-bond acceptors (Lipinski definition) is 9. The van der Waals surface area contributed by atoms with Gasteiger partial charge in [0, 0.05) is 59.6 Å². The lowest BCUT2D eigenvalue weighted by molar-refractivity contribution is -0.126. The molecule has 5 aromatic rings. The van der Waals surface area contributed by atoms with Crippen molar-refractivity contribution in [1.82, 2.24) is 24.4 Å². The lowest BCUT2D eigenvalue weighted by atomic mass is 9.97. The molecule has 10 nitrogen and oxygen atoms in total. The first-order valence-corrected chi connectivity index (χ1v) is 16.9. The SMILES string of the molecule is CCC(=O)Nc1ccc(C(C)(O)Cn2c(C#N)cc3c(C)c(CN4CCC(Nc5ncnc6sc(CC(F)(F)F)cc56)CC4)ccc32)cn1. The summed E-state index contributed by atoms with van der Waals surface area (Å²) in [6, 6.07) is 13.3. The van der Waals surface area contributed by atoms with E-state index in [0.717, 1.165) is 65.8 Å². The Hall–Kier alpha value is -4.58. The van der Waals surface area contributed by atoms with Gasteiger partial charge in [-0.2, -0.15) is 18.4 Å². The molecule has 0 saturated carbocycles. The third kappa shape index (κ3) is 7.69. The number of aryl methyl sites for hydroxylation is 1. The summed E-state index contributed by atoms with van der Waals surface area (Å²) in [5.41, 5.74) is 2.73. The van der Waals surface area contributed by atoms with Crippen molar-refractivity contribution < 1.29 is 23.1 Å². The van der Waals surface area contributed by atoms with E-state index in [0.29, 0.717) is 39.5 Å². The molecule has 1 aliphatic rings. The smallest absolute Gasteiger partial charge is 0.384 e. The molecule has 5 heterocycles. The van der Waals surface area contributed by atoms with Crippen molar-refractivity contribution in [2.45, 2.75) is 77.4 Å². The van der Waals surface area contributed by atoms with Gasteiger partial charge in [0.1, 0.15) is 40.2 Å². The Morgan fingerprint density at radius 3 is 2.57 bits per heavy atom. The molecule has 6 rings (SSSR count). The number of pyridine rings is 1. The van der Waals surface area contributed by atoms with Crippen LogP contribution in [0.25, 0.3) is 21.1 Å². The topological polar surface area (TPSA) is 132 Å². The molecular weight excluding hydrogens is 654 g/mol. The summed E-state index contributed by atoms with van der Waals surface area (Å²) in [6.07, 6.45) is -0.299. The first-order valence-electron chi connectivity index (χ1n) is 16.1. The van der Waals surface area contributed by atoms with Gasteiger partial charge in [0.25, 0.3) is 0 Å². The van der Waals surface area contributed by atoms with Crippen molar-refractivity contribution >= 4 is 50.0 Å². The molecule has 1 fully saturated rings. The van der Waals surface area contributed by atoms with Gasteiger partial charge in [0.05, 0.1) is 18.4 Å². The molecule has 1 amide bonds. The Labute approximate surface area is 285 Å². The molecule has 1 aromatic carbocycles. The second-order valence-electron chi connectivity index (χ2n) is 12.8. The summed E-state index contributed by atoms with van der Waals surface area (Å²) in [5, 5.41) is 29.2. The van der Waals surface area contributed by atoms with Crippen LogP contribution in [0.15, 0.2) is 48.9 Å². The lowest BCUT2D eigenvalue weighted by Crippen LogP contribution is -2.39. The van der Waals surface area contributed by atoms with Crippen LogP contribution in [0.2, 0.25) is 0 Å². The number of alkyl halides is 3. The van der Waals surface area contributed by atoms with Gasteiger partial charge in [-0.1, -0.05) is 19.1 Å². The van der Waals surface area contributed by atoms with E-state index in [9.17, 15) is 28.3 Å². The number of likely N-dealkylation sites (tertiary alicyclic amines) is 1. The summed E-state index contributed by atoms with van der Waals surface area (Å²) < 4.78 is 40.7. The average molecular weight is 691 g/mol. The highest BCUT2D eigenvalue weighted by Gasteiger charge is 2.30. The molecule has 0 spiro atoms. The number of fused-ring (bicyclic) bond motifs is 2. The number of aromatic nitrogens is 4. The zero-order valence-electron chi connectivity index (χ0n) is 27.4. The van der Waals surface area contributed by atoms with Crippen LogP contribution in [0, 0.1) is 18.3 Å². The highest BCUT2D eigenvalue weighted by molar-refractivity contribution is 7.18. The van der Waals surface area contributed by atoms with Gasteiger partial charge in [-0.15, -0.1) is 11.3 Å². The Bertz CT molecular complexity index is 2020. The van der Waals surface area contributed by atoms with Crippen molar-refractivity contribution in [1.29, 1.82) is 5.26 Å².